The number of hydrogen-bond donors (Lipinski definition) is 2. The van der Waals surface area contributed by atoms with Crippen LogP contribution in [-0.2, 0) is 19.9 Å². The highest BCUT2D eigenvalue weighted by atomic mass is 32.1. The van der Waals surface area contributed by atoms with Crippen LogP contribution >= 0.6 is 11.3 Å². The second-order valence-corrected chi connectivity index (χ2v) is 10.5. The van der Waals surface area contributed by atoms with E-state index in [0.717, 1.165) is 24.4 Å². The van der Waals surface area contributed by atoms with Gasteiger partial charge in [0.15, 0.2) is 15.6 Å². The number of carbonyl (C=O) groups is 2. The van der Waals surface area contributed by atoms with Gasteiger partial charge in [0.2, 0.25) is 11.8 Å². The second kappa shape index (κ2) is 10.8. The fraction of sp³-hybridized carbons (Fsp3) is 0.440. The Morgan fingerprint density at radius 1 is 1.16 bits per heavy atom. The number of alkyl halides is 2. The maximum Gasteiger partial charge on any atom is 0.387 e. The number of halogens is 3. The molecule has 2 heterocycles. The molecule has 0 radical (unpaired) electrons. The minimum absolute atomic E-state index is 0.0107. The van der Waals surface area contributed by atoms with Gasteiger partial charge in [0, 0.05) is 49.8 Å². The number of benzene rings is 1. The molecule has 3 aliphatic rings. The minimum Gasteiger partial charge on any atom is -0.436 e. The standard InChI is InChI=1S/C25H27F3N6O3S/c26-18-4-2-1-3-17(18)22-31-32-23(38-22)25(13-15(21(29)36)5-8-19(25)37-24(27)28)30-20(35)14-33-9-11-34(12-10-33)16-6-7-16/h1-5,8,16,24H,6-7,9-14H2,(H2,29,36)(H,30,35). The molecule has 3 N–H and O–H groups in total. The third kappa shape index (κ3) is 5.59. The van der Waals surface area contributed by atoms with Crippen molar-refractivity contribution in [2.45, 2.75) is 37.5 Å². The van der Waals surface area contributed by atoms with E-state index in [0.29, 0.717) is 19.1 Å². The maximum absolute atomic E-state index is 14.4. The van der Waals surface area contributed by atoms with Crippen LogP contribution in [0.25, 0.3) is 10.6 Å². The predicted octanol–water partition coefficient (Wildman–Crippen LogP) is 2.37. The number of rotatable bonds is 9. The molecule has 2 aliphatic carbocycles. The smallest absolute Gasteiger partial charge is 0.387 e. The Labute approximate surface area is 221 Å². The summed E-state index contributed by atoms with van der Waals surface area (Å²) in [6.07, 6.45) is 4.58. The van der Waals surface area contributed by atoms with Crippen LogP contribution in [0.5, 0.6) is 0 Å². The number of nitrogens with zero attached hydrogens (tertiary/aromatic N) is 4. The molecule has 38 heavy (non-hydrogen) atoms. The Bertz CT molecular complexity index is 1270. The lowest BCUT2D eigenvalue weighted by atomic mass is 9.84. The Morgan fingerprint density at radius 2 is 1.89 bits per heavy atom. The fourth-order valence-electron chi connectivity index (χ4n) is 4.84. The average molecular weight is 549 g/mol. The Hall–Kier alpha value is -3.29. The summed E-state index contributed by atoms with van der Waals surface area (Å²) >= 11 is 0.906. The number of hydrogen-bond acceptors (Lipinski definition) is 8. The van der Waals surface area contributed by atoms with Crippen molar-refractivity contribution in [2.75, 3.05) is 32.7 Å². The molecule has 202 valence electrons. The van der Waals surface area contributed by atoms with E-state index in [2.05, 4.69) is 20.4 Å². The zero-order chi connectivity index (χ0) is 26.9. The van der Waals surface area contributed by atoms with Gasteiger partial charge in [0.25, 0.3) is 0 Å². The van der Waals surface area contributed by atoms with Crippen LogP contribution in [0.4, 0.5) is 13.2 Å². The first-order valence-electron chi connectivity index (χ1n) is 12.3. The van der Waals surface area contributed by atoms with E-state index in [4.69, 9.17) is 10.5 Å². The Morgan fingerprint density at radius 3 is 2.55 bits per heavy atom. The molecule has 2 fully saturated rings. The summed E-state index contributed by atoms with van der Waals surface area (Å²) in [5.41, 5.74) is 3.97. The minimum atomic E-state index is -3.21. The largest absolute Gasteiger partial charge is 0.436 e. The van der Waals surface area contributed by atoms with Crippen LogP contribution in [0.15, 0.2) is 47.7 Å². The lowest BCUT2D eigenvalue weighted by Gasteiger charge is -2.38. The zero-order valence-corrected chi connectivity index (χ0v) is 21.2. The molecule has 1 aromatic carbocycles. The molecule has 0 bridgehead atoms. The topological polar surface area (TPSA) is 114 Å². The van der Waals surface area contributed by atoms with Crippen molar-refractivity contribution in [3.63, 3.8) is 0 Å². The monoisotopic (exact) mass is 548 g/mol. The van der Waals surface area contributed by atoms with E-state index in [-0.39, 0.29) is 39.9 Å². The number of aromatic nitrogens is 2. The molecule has 1 unspecified atom stereocenters. The van der Waals surface area contributed by atoms with Gasteiger partial charge in [0.05, 0.1) is 6.54 Å². The van der Waals surface area contributed by atoms with E-state index in [9.17, 15) is 22.8 Å². The fourth-order valence-corrected chi connectivity index (χ4v) is 5.86. The highest BCUT2D eigenvalue weighted by Gasteiger charge is 2.47. The normalized spacial score (nSPS) is 22.6. The van der Waals surface area contributed by atoms with Gasteiger partial charge in [-0.25, -0.2) is 4.39 Å². The van der Waals surface area contributed by atoms with Gasteiger partial charge in [0.1, 0.15) is 11.6 Å². The van der Waals surface area contributed by atoms with Gasteiger partial charge in [-0.1, -0.05) is 29.5 Å². The summed E-state index contributed by atoms with van der Waals surface area (Å²) in [6.45, 7) is -0.127. The number of nitrogens with two attached hydrogens (primary N) is 1. The highest BCUT2D eigenvalue weighted by molar-refractivity contribution is 7.14. The van der Waals surface area contributed by atoms with Gasteiger partial charge in [-0.2, -0.15) is 8.78 Å². The number of primary amides is 1. The van der Waals surface area contributed by atoms with E-state index in [1.165, 1.54) is 43.2 Å². The van der Waals surface area contributed by atoms with E-state index < -0.39 is 29.8 Å². The second-order valence-electron chi connectivity index (χ2n) is 9.53. The molecule has 1 atom stereocenters. The first-order chi connectivity index (χ1) is 18.2. The number of nitrogens with one attached hydrogen (secondary N) is 1. The van der Waals surface area contributed by atoms with Gasteiger partial charge in [-0.05, 0) is 31.1 Å². The van der Waals surface area contributed by atoms with Crippen LogP contribution < -0.4 is 11.1 Å². The number of allylic oxidation sites excluding steroid dienone is 2. The molecule has 1 saturated carbocycles. The molecule has 0 spiro atoms. The zero-order valence-electron chi connectivity index (χ0n) is 20.4. The number of amides is 2. The van der Waals surface area contributed by atoms with Crippen LogP contribution in [0, 0.1) is 5.82 Å². The molecule has 2 amide bonds. The van der Waals surface area contributed by atoms with Crippen molar-refractivity contribution in [3.8, 4) is 10.6 Å². The summed E-state index contributed by atoms with van der Waals surface area (Å²) < 4.78 is 46.3. The number of carbonyl (C=O) groups excluding carboxylic acids is 2. The molecule has 5 rings (SSSR count). The van der Waals surface area contributed by atoms with Crippen LogP contribution in [0.3, 0.4) is 0 Å². The van der Waals surface area contributed by atoms with Crippen LogP contribution in [-0.4, -0.2) is 77.2 Å². The average Bonchev–Trinajstić information content (AvgIpc) is 3.61. The summed E-state index contributed by atoms with van der Waals surface area (Å²) in [5, 5.41) is 11.2. The SMILES string of the molecule is NC(=O)C1=CC=C(OC(F)F)C(NC(=O)CN2CCN(C3CC3)CC2)(c2nnc(-c3ccccc3F)s2)C1. The van der Waals surface area contributed by atoms with Crippen molar-refractivity contribution >= 4 is 23.2 Å². The van der Waals surface area contributed by atoms with Gasteiger partial charge < -0.3 is 15.8 Å². The van der Waals surface area contributed by atoms with Crippen molar-refractivity contribution < 1.29 is 27.5 Å². The van der Waals surface area contributed by atoms with Gasteiger partial charge in [-0.3, -0.25) is 19.4 Å². The molecule has 2 aromatic rings. The van der Waals surface area contributed by atoms with Crippen LogP contribution in [0.1, 0.15) is 24.3 Å². The van der Waals surface area contributed by atoms with E-state index in [1.54, 1.807) is 6.07 Å². The van der Waals surface area contributed by atoms with Gasteiger partial charge in [-0.15, -0.1) is 10.2 Å². The quantitative estimate of drug-likeness (QED) is 0.495. The molecule has 9 nitrogen and oxygen atoms in total. The third-order valence-corrected chi connectivity index (χ3v) is 8.05. The molecule has 1 saturated heterocycles. The molecule has 13 heteroatoms. The maximum atomic E-state index is 14.4. The predicted molar refractivity (Wildman–Crippen MR) is 133 cm³/mol. The number of piperazine rings is 1. The molecular weight excluding hydrogens is 521 g/mol. The van der Waals surface area contributed by atoms with Gasteiger partial charge >= 0.3 is 6.61 Å². The Kier molecular flexibility index (Phi) is 7.50. The lowest BCUT2D eigenvalue weighted by molar-refractivity contribution is -0.130. The molecule has 1 aliphatic heterocycles. The first kappa shape index (κ1) is 26.3. The molecule has 1 aromatic heterocycles. The van der Waals surface area contributed by atoms with Crippen molar-refractivity contribution in [1.29, 1.82) is 0 Å². The van der Waals surface area contributed by atoms with Crippen LogP contribution in [0.2, 0.25) is 0 Å². The van der Waals surface area contributed by atoms with Crippen molar-refractivity contribution in [1.82, 2.24) is 25.3 Å². The lowest BCUT2D eigenvalue weighted by Crippen LogP contribution is -2.55. The van der Waals surface area contributed by atoms with Crippen molar-refractivity contribution in [3.05, 3.63) is 58.6 Å². The summed E-state index contributed by atoms with van der Waals surface area (Å²) in [4.78, 5) is 29.8. The van der Waals surface area contributed by atoms with E-state index in [1.807, 2.05) is 4.90 Å². The number of ether oxygens (including phenoxy) is 1. The van der Waals surface area contributed by atoms with Crippen molar-refractivity contribution in [2.24, 2.45) is 5.73 Å². The first-order valence-corrected chi connectivity index (χ1v) is 13.1. The summed E-state index contributed by atoms with van der Waals surface area (Å²) in [6, 6.07) is 6.55. The third-order valence-electron chi connectivity index (χ3n) is 6.93. The Balaban J connectivity index is 1.45. The summed E-state index contributed by atoms with van der Waals surface area (Å²) in [5.74, 6) is -2.12. The van der Waals surface area contributed by atoms with E-state index >= 15 is 0 Å². The molecular formula is C25H27F3N6O3S. The summed E-state index contributed by atoms with van der Waals surface area (Å²) in [7, 11) is 0. The highest BCUT2D eigenvalue weighted by Crippen LogP contribution is 2.43.